The number of rotatable bonds is 2. The molecule has 0 radical (unpaired) electrons. The highest BCUT2D eigenvalue weighted by molar-refractivity contribution is 8.00. The Bertz CT molecular complexity index is 570. The van der Waals surface area contributed by atoms with Crippen LogP contribution in [0, 0.1) is 12.8 Å². The Kier molecular flexibility index (Phi) is 4.27. The standard InChI is InChI=1S/C17H19F3OS/c1-10-5-11(7-13(6-10)17(18,19)20)16(21)12-8-14-3-2-4-15(9-12)22-14/h5-7,12,14-15H,2-4,8-9H2,1H3. The van der Waals surface area contributed by atoms with Crippen molar-refractivity contribution >= 4 is 17.5 Å². The predicted molar refractivity (Wildman–Crippen MR) is 82.3 cm³/mol. The molecule has 0 aliphatic carbocycles. The second kappa shape index (κ2) is 5.91. The van der Waals surface area contributed by atoms with Crippen LogP contribution < -0.4 is 0 Å². The van der Waals surface area contributed by atoms with Gasteiger partial charge in [-0.15, -0.1) is 0 Å². The number of ketones is 1. The first-order valence-corrected chi connectivity index (χ1v) is 8.66. The van der Waals surface area contributed by atoms with E-state index in [9.17, 15) is 18.0 Å². The Hall–Kier alpha value is -0.970. The Labute approximate surface area is 132 Å². The maximum atomic E-state index is 12.9. The lowest BCUT2D eigenvalue weighted by Crippen LogP contribution is -2.33. The Balaban J connectivity index is 1.84. The topological polar surface area (TPSA) is 17.1 Å². The lowest BCUT2D eigenvalue weighted by Gasteiger charge is -2.38. The van der Waals surface area contributed by atoms with E-state index in [1.807, 2.05) is 11.8 Å². The number of hydrogen-bond donors (Lipinski definition) is 0. The fraction of sp³-hybridized carbons (Fsp3) is 0.588. The van der Waals surface area contributed by atoms with Crippen LogP contribution in [-0.4, -0.2) is 16.3 Å². The number of thioether (sulfide) groups is 1. The summed E-state index contributed by atoms with van der Waals surface area (Å²) >= 11 is 1.97. The van der Waals surface area contributed by atoms with E-state index in [0.717, 1.165) is 37.8 Å². The van der Waals surface area contributed by atoms with E-state index in [0.29, 0.717) is 16.1 Å². The Morgan fingerprint density at radius 1 is 1.14 bits per heavy atom. The number of Topliss-reactive ketones (excluding diaryl/α,β-unsaturated/α-hetero) is 1. The summed E-state index contributed by atoms with van der Waals surface area (Å²) in [6.45, 7) is 1.61. The summed E-state index contributed by atoms with van der Waals surface area (Å²) in [4.78, 5) is 12.7. The van der Waals surface area contributed by atoms with Crippen molar-refractivity contribution < 1.29 is 18.0 Å². The Morgan fingerprint density at radius 3 is 2.36 bits per heavy atom. The van der Waals surface area contributed by atoms with Gasteiger partial charge in [0.05, 0.1) is 5.56 Å². The molecule has 0 N–H and O–H groups in total. The molecule has 2 atom stereocenters. The van der Waals surface area contributed by atoms with Gasteiger partial charge < -0.3 is 0 Å². The number of benzene rings is 1. The van der Waals surface area contributed by atoms with Gasteiger partial charge in [-0.05, 0) is 56.4 Å². The second-order valence-electron chi connectivity index (χ2n) is 6.43. The van der Waals surface area contributed by atoms with Gasteiger partial charge in [-0.1, -0.05) is 6.42 Å². The molecule has 1 aromatic carbocycles. The molecule has 0 saturated carbocycles. The minimum Gasteiger partial charge on any atom is -0.294 e. The van der Waals surface area contributed by atoms with E-state index in [4.69, 9.17) is 0 Å². The molecular formula is C17H19F3OS. The molecule has 0 amide bonds. The van der Waals surface area contributed by atoms with Gasteiger partial charge in [0.15, 0.2) is 5.78 Å². The summed E-state index contributed by atoms with van der Waals surface area (Å²) in [5, 5.41) is 1.02. The molecule has 0 aromatic heterocycles. The predicted octanol–water partition coefficient (Wildman–Crippen LogP) is 5.26. The van der Waals surface area contributed by atoms with Crippen LogP contribution in [0.15, 0.2) is 18.2 Å². The zero-order chi connectivity index (χ0) is 15.9. The molecule has 2 unspecified atom stereocenters. The third kappa shape index (κ3) is 3.34. The third-order valence-electron chi connectivity index (χ3n) is 4.59. The van der Waals surface area contributed by atoms with Gasteiger partial charge in [0.2, 0.25) is 0 Å². The van der Waals surface area contributed by atoms with Crippen molar-refractivity contribution in [1.29, 1.82) is 0 Å². The van der Waals surface area contributed by atoms with Crippen LogP contribution in [0.5, 0.6) is 0 Å². The number of halogens is 3. The second-order valence-corrected chi connectivity index (χ2v) is 8.03. The minimum atomic E-state index is -4.40. The van der Waals surface area contributed by atoms with Gasteiger partial charge in [0.1, 0.15) is 0 Å². The molecule has 2 saturated heterocycles. The first-order valence-electron chi connectivity index (χ1n) is 7.71. The van der Waals surface area contributed by atoms with Crippen molar-refractivity contribution in [3.63, 3.8) is 0 Å². The lowest BCUT2D eigenvalue weighted by molar-refractivity contribution is -0.137. The first kappa shape index (κ1) is 15.9. The van der Waals surface area contributed by atoms with Crippen molar-refractivity contribution in [2.45, 2.75) is 55.7 Å². The molecule has 2 bridgehead atoms. The summed E-state index contributed by atoms with van der Waals surface area (Å²) in [6, 6.07) is 3.71. The summed E-state index contributed by atoms with van der Waals surface area (Å²) in [5.41, 5.74) is -0.00733. The molecule has 2 heterocycles. The van der Waals surface area contributed by atoms with Gasteiger partial charge in [-0.3, -0.25) is 4.79 Å². The number of carbonyl (C=O) groups excluding carboxylic acids is 1. The summed E-state index contributed by atoms with van der Waals surface area (Å²) in [6.07, 6.45) is 0.704. The Morgan fingerprint density at radius 2 is 1.77 bits per heavy atom. The molecule has 5 heteroatoms. The fourth-order valence-corrected chi connectivity index (χ4v) is 5.43. The summed E-state index contributed by atoms with van der Waals surface area (Å²) in [7, 11) is 0. The molecular weight excluding hydrogens is 309 g/mol. The van der Waals surface area contributed by atoms with E-state index in [1.165, 1.54) is 6.42 Å². The number of carbonyl (C=O) groups is 1. The number of fused-ring (bicyclic) bond motifs is 2. The SMILES string of the molecule is Cc1cc(C(=O)C2CC3CCCC(C2)S3)cc(C(F)(F)F)c1. The average molecular weight is 328 g/mol. The van der Waals surface area contributed by atoms with Crippen molar-refractivity contribution in [3.8, 4) is 0 Å². The van der Waals surface area contributed by atoms with Crippen LogP contribution in [0.25, 0.3) is 0 Å². The largest absolute Gasteiger partial charge is 0.416 e. The molecule has 2 aliphatic rings. The van der Waals surface area contributed by atoms with Gasteiger partial charge in [0, 0.05) is 22.0 Å². The summed E-state index contributed by atoms with van der Waals surface area (Å²) in [5.74, 6) is -0.217. The molecule has 3 rings (SSSR count). The van der Waals surface area contributed by atoms with E-state index in [2.05, 4.69) is 0 Å². The monoisotopic (exact) mass is 328 g/mol. The van der Waals surface area contributed by atoms with E-state index in [-0.39, 0.29) is 17.3 Å². The average Bonchev–Trinajstić information content (AvgIpc) is 2.44. The number of hydrogen-bond acceptors (Lipinski definition) is 2. The molecule has 2 aliphatic heterocycles. The van der Waals surface area contributed by atoms with Crippen LogP contribution in [0.2, 0.25) is 0 Å². The van der Waals surface area contributed by atoms with Gasteiger partial charge >= 0.3 is 6.18 Å². The zero-order valence-corrected chi connectivity index (χ0v) is 13.3. The highest BCUT2D eigenvalue weighted by atomic mass is 32.2. The van der Waals surface area contributed by atoms with Crippen molar-refractivity contribution in [1.82, 2.24) is 0 Å². The third-order valence-corrected chi connectivity index (χ3v) is 6.22. The molecule has 22 heavy (non-hydrogen) atoms. The molecule has 2 fully saturated rings. The van der Waals surface area contributed by atoms with Crippen LogP contribution in [0.3, 0.4) is 0 Å². The van der Waals surface area contributed by atoms with Crippen LogP contribution >= 0.6 is 11.8 Å². The number of alkyl halides is 3. The van der Waals surface area contributed by atoms with Crippen LogP contribution in [0.1, 0.15) is 53.6 Å². The fourth-order valence-electron chi connectivity index (χ4n) is 3.60. The highest BCUT2D eigenvalue weighted by Gasteiger charge is 2.37. The van der Waals surface area contributed by atoms with Crippen molar-refractivity contribution in [2.75, 3.05) is 0 Å². The van der Waals surface area contributed by atoms with Crippen molar-refractivity contribution in [3.05, 3.63) is 34.9 Å². The van der Waals surface area contributed by atoms with Crippen LogP contribution in [-0.2, 0) is 6.18 Å². The van der Waals surface area contributed by atoms with Crippen molar-refractivity contribution in [2.24, 2.45) is 5.92 Å². The quantitative estimate of drug-likeness (QED) is 0.689. The highest BCUT2D eigenvalue weighted by Crippen LogP contribution is 2.44. The van der Waals surface area contributed by atoms with Crippen LogP contribution in [0.4, 0.5) is 13.2 Å². The van der Waals surface area contributed by atoms with E-state index >= 15 is 0 Å². The smallest absolute Gasteiger partial charge is 0.294 e. The first-order chi connectivity index (χ1) is 10.3. The summed E-state index contributed by atoms with van der Waals surface area (Å²) < 4.78 is 38.8. The van der Waals surface area contributed by atoms with E-state index in [1.54, 1.807) is 13.0 Å². The maximum absolute atomic E-state index is 12.9. The maximum Gasteiger partial charge on any atom is 0.416 e. The van der Waals surface area contributed by atoms with Gasteiger partial charge in [-0.2, -0.15) is 24.9 Å². The van der Waals surface area contributed by atoms with E-state index < -0.39 is 11.7 Å². The normalized spacial score (nSPS) is 28.5. The molecule has 1 aromatic rings. The van der Waals surface area contributed by atoms with Gasteiger partial charge in [-0.25, -0.2) is 0 Å². The number of aryl methyl sites for hydroxylation is 1. The van der Waals surface area contributed by atoms with Gasteiger partial charge in [0.25, 0.3) is 0 Å². The minimum absolute atomic E-state index is 0.105. The molecule has 120 valence electrons. The molecule has 0 spiro atoms. The lowest BCUT2D eigenvalue weighted by atomic mass is 9.84. The molecule has 1 nitrogen and oxygen atoms in total. The zero-order valence-electron chi connectivity index (χ0n) is 12.5.